The number of pyridine rings is 2. The van der Waals surface area contributed by atoms with Crippen molar-refractivity contribution >= 4 is 32.0 Å². The molecule has 0 spiro atoms. The van der Waals surface area contributed by atoms with Gasteiger partial charge in [0.2, 0.25) is 10.0 Å². The van der Waals surface area contributed by atoms with Gasteiger partial charge in [0.1, 0.15) is 5.65 Å². The van der Waals surface area contributed by atoms with E-state index in [4.69, 9.17) is 0 Å². The highest BCUT2D eigenvalue weighted by atomic mass is 32.2. The van der Waals surface area contributed by atoms with Crippen LogP contribution in [0.15, 0.2) is 30.7 Å². The Kier molecular flexibility index (Phi) is 4.34. The van der Waals surface area contributed by atoms with Gasteiger partial charge in [0.15, 0.2) is 5.75 Å². The van der Waals surface area contributed by atoms with Gasteiger partial charge in [-0.05, 0) is 36.5 Å². The summed E-state index contributed by atoms with van der Waals surface area (Å²) in [5.74, 6) is -1.76. The maximum Gasteiger partial charge on any atom is 0.404 e. The first-order chi connectivity index (χ1) is 12.7. The first-order valence-electron chi connectivity index (χ1n) is 8.50. The van der Waals surface area contributed by atoms with Gasteiger partial charge >= 0.3 is 6.18 Å². The minimum atomic E-state index is -4.73. The Balaban J connectivity index is 1.61. The van der Waals surface area contributed by atoms with Crippen molar-refractivity contribution in [3.05, 3.63) is 36.3 Å². The SMILES string of the molecule is O=S(=O)(CC(F)(F)F)N1CCC(c2ccnc3cnc4[nH]ccc4c23)CC1. The standard InChI is InChI=1S/C17H17F3N4O2S/c18-17(19,20)10-27(25,26)24-7-3-11(4-8-24)12-1-5-21-14-9-23-16-13(15(12)14)2-6-22-16/h1-2,5-6,9,11H,3-4,7-8,10H2,(H,22,23). The number of hydrogen-bond acceptors (Lipinski definition) is 4. The van der Waals surface area contributed by atoms with Crippen LogP contribution in [0, 0.1) is 0 Å². The minimum Gasteiger partial charge on any atom is -0.346 e. The van der Waals surface area contributed by atoms with Crippen molar-refractivity contribution in [3.8, 4) is 0 Å². The first-order valence-corrected chi connectivity index (χ1v) is 10.1. The van der Waals surface area contributed by atoms with E-state index in [1.807, 2.05) is 12.1 Å². The number of fused-ring (bicyclic) bond motifs is 3. The zero-order chi connectivity index (χ0) is 19.2. The number of H-pyrrole nitrogens is 1. The molecule has 4 heterocycles. The van der Waals surface area contributed by atoms with Crippen LogP contribution in [0.3, 0.4) is 0 Å². The summed E-state index contributed by atoms with van der Waals surface area (Å²) >= 11 is 0. The summed E-state index contributed by atoms with van der Waals surface area (Å²) < 4.78 is 62.5. The molecule has 0 amide bonds. The summed E-state index contributed by atoms with van der Waals surface area (Å²) in [7, 11) is -4.33. The average Bonchev–Trinajstić information content (AvgIpc) is 3.08. The summed E-state index contributed by atoms with van der Waals surface area (Å²) in [5.41, 5.74) is 2.51. The van der Waals surface area contributed by atoms with Gasteiger partial charge in [-0.1, -0.05) is 0 Å². The Labute approximate surface area is 153 Å². The van der Waals surface area contributed by atoms with E-state index in [2.05, 4.69) is 15.0 Å². The molecule has 144 valence electrons. The molecule has 27 heavy (non-hydrogen) atoms. The summed E-state index contributed by atoms with van der Waals surface area (Å²) in [4.78, 5) is 11.7. The first kappa shape index (κ1) is 18.2. The van der Waals surface area contributed by atoms with Gasteiger partial charge in [0.05, 0.1) is 11.7 Å². The van der Waals surface area contributed by atoms with E-state index in [1.165, 1.54) is 0 Å². The van der Waals surface area contributed by atoms with Gasteiger partial charge in [0, 0.05) is 36.3 Å². The third-order valence-electron chi connectivity index (χ3n) is 4.96. The molecule has 6 nitrogen and oxygen atoms in total. The molecule has 1 aliphatic heterocycles. The smallest absolute Gasteiger partial charge is 0.346 e. The molecule has 3 aromatic rings. The number of nitrogens with zero attached hydrogens (tertiary/aromatic N) is 3. The maximum absolute atomic E-state index is 12.5. The lowest BCUT2D eigenvalue weighted by molar-refractivity contribution is -0.107. The number of halogens is 3. The van der Waals surface area contributed by atoms with Crippen molar-refractivity contribution in [1.82, 2.24) is 19.3 Å². The number of piperidine rings is 1. The number of hydrogen-bond donors (Lipinski definition) is 1. The number of aromatic amines is 1. The Bertz CT molecular complexity index is 1090. The summed E-state index contributed by atoms with van der Waals surface area (Å²) in [6.07, 6.45) is 1.35. The zero-order valence-electron chi connectivity index (χ0n) is 14.2. The molecule has 0 atom stereocenters. The molecule has 3 aromatic heterocycles. The van der Waals surface area contributed by atoms with Crippen LogP contribution in [-0.4, -0.2) is 52.7 Å². The molecule has 0 unspecified atom stereocenters. The quantitative estimate of drug-likeness (QED) is 0.735. The number of alkyl halides is 3. The van der Waals surface area contributed by atoms with E-state index in [-0.39, 0.29) is 19.0 Å². The Hall–Kier alpha value is -2.20. The largest absolute Gasteiger partial charge is 0.404 e. The van der Waals surface area contributed by atoms with E-state index < -0.39 is 22.0 Å². The number of rotatable bonds is 3. The lowest BCUT2D eigenvalue weighted by Crippen LogP contribution is -2.42. The molecule has 4 rings (SSSR count). The van der Waals surface area contributed by atoms with Crippen LogP contribution in [0.5, 0.6) is 0 Å². The zero-order valence-corrected chi connectivity index (χ0v) is 15.0. The molecule has 0 aromatic carbocycles. The van der Waals surface area contributed by atoms with Crippen LogP contribution >= 0.6 is 0 Å². The molecule has 0 aliphatic carbocycles. The topological polar surface area (TPSA) is 79.0 Å². The second-order valence-electron chi connectivity index (χ2n) is 6.70. The Morgan fingerprint density at radius 1 is 1.19 bits per heavy atom. The molecule has 0 saturated carbocycles. The predicted octanol–water partition coefficient (Wildman–Crippen LogP) is 3.18. The second kappa shape index (κ2) is 6.45. The van der Waals surface area contributed by atoms with Crippen molar-refractivity contribution in [2.75, 3.05) is 18.8 Å². The number of sulfonamides is 1. The minimum absolute atomic E-state index is 0.0494. The van der Waals surface area contributed by atoms with Crippen molar-refractivity contribution in [2.45, 2.75) is 24.9 Å². The molecule has 1 aliphatic rings. The molecule has 0 radical (unpaired) electrons. The van der Waals surface area contributed by atoms with Gasteiger partial charge in [-0.15, -0.1) is 0 Å². The maximum atomic E-state index is 12.5. The van der Waals surface area contributed by atoms with Gasteiger partial charge < -0.3 is 4.98 Å². The van der Waals surface area contributed by atoms with E-state index in [1.54, 1.807) is 18.6 Å². The van der Waals surface area contributed by atoms with Crippen molar-refractivity contribution in [1.29, 1.82) is 0 Å². The third-order valence-corrected chi connectivity index (χ3v) is 6.80. The average molecular weight is 398 g/mol. The monoisotopic (exact) mass is 398 g/mol. The number of aromatic nitrogens is 3. The molecule has 0 bridgehead atoms. The van der Waals surface area contributed by atoms with Crippen LogP contribution in [0.4, 0.5) is 13.2 Å². The Morgan fingerprint density at radius 2 is 1.93 bits per heavy atom. The normalized spacial score (nSPS) is 17.7. The summed E-state index contributed by atoms with van der Waals surface area (Å²) in [6.45, 7) is 0.155. The van der Waals surface area contributed by atoms with Crippen molar-refractivity contribution in [3.63, 3.8) is 0 Å². The van der Waals surface area contributed by atoms with Crippen LogP contribution in [-0.2, 0) is 10.0 Å². The van der Waals surface area contributed by atoms with Gasteiger partial charge in [-0.2, -0.15) is 13.2 Å². The molecular weight excluding hydrogens is 381 g/mol. The summed E-state index contributed by atoms with van der Waals surface area (Å²) in [6, 6.07) is 3.82. The highest BCUT2D eigenvalue weighted by molar-refractivity contribution is 7.89. The van der Waals surface area contributed by atoms with Crippen molar-refractivity contribution in [2.24, 2.45) is 0 Å². The molecule has 10 heteroatoms. The molecule has 1 N–H and O–H groups in total. The van der Waals surface area contributed by atoms with Crippen molar-refractivity contribution < 1.29 is 21.6 Å². The van der Waals surface area contributed by atoms with Crippen LogP contribution in [0.2, 0.25) is 0 Å². The predicted molar refractivity (Wildman–Crippen MR) is 94.8 cm³/mol. The van der Waals surface area contributed by atoms with Crippen LogP contribution in [0.25, 0.3) is 21.9 Å². The lowest BCUT2D eigenvalue weighted by Gasteiger charge is -2.32. The van der Waals surface area contributed by atoms with Gasteiger partial charge in [-0.3, -0.25) is 4.98 Å². The summed E-state index contributed by atoms with van der Waals surface area (Å²) in [5, 5.41) is 1.89. The van der Waals surface area contributed by atoms with E-state index in [0.717, 1.165) is 31.8 Å². The number of nitrogens with one attached hydrogen (secondary N) is 1. The fourth-order valence-corrected chi connectivity index (χ4v) is 5.13. The molecular formula is C17H17F3N4O2S. The van der Waals surface area contributed by atoms with Gasteiger partial charge in [0.25, 0.3) is 0 Å². The van der Waals surface area contributed by atoms with E-state index >= 15 is 0 Å². The molecule has 1 fully saturated rings. The lowest BCUT2D eigenvalue weighted by atomic mass is 9.88. The van der Waals surface area contributed by atoms with Crippen LogP contribution < -0.4 is 0 Å². The van der Waals surface area contributed by atoms with Crippen LogP contribution in [0.1, 0.15) is 24.3 Å². The van der Waals surface area contributed by atoms with E-state index in [0.29, 0.717) is 12.8 Å². The molecule has 1 saturated heterocycles. The Morgan fingerprint density at radius 3 is 2.63 bits per heavy atom. The fourth-order valence-electron chi connectivity index (χ4n) is 3.76. The second-order valence-corrected chi connectivity index (χ2v) is 8.67. The fraction of sp³-hybridized carbons (Fsp3) is 0.412. The highest BCUT2D eigenvalue weighted by Gasteiger charge is 2.39. The highest BCUT2D eigenvalue weighted by Crippen LogP contribution is 2.36. The third kappa shape index (κ3) is 3.51. The van der Waals surface area contributed by atoms with E-state index in [9.17, 15) is 21.6 Å². The van der Waals surface area contributed by atoms with Gasteiger partial charge in [-0.25, -0.2) is 17.7 Å².